The zero-order chi connectivity index (χ0) is 14.7. The van der Waals surface area contributed by atoms with Gasteiger partial charge in [0.1, 0.15) is 5.75 Å². The smallest absolute Gasteiger partial charge is 0.341 e. The first-order valence-corrected chi connectivity index (χ1v) is 8.18. The highest BCUT2D eigenvalue weighted by atomic mass is 32.2. The molecule has 1 N–H and O–H groups in total. The second-order valence-corrected chi connectivity index (χ2v) is 6.07. The molecule has 0 aromatic heterocycles. The van der Waals surface area contributed by atoms with Crippen molar-refractivity contribution in [2.24, 2.45) is 0 Å². The normalized spacial score (nSPS) is 20.9. The topological polar surface area (TPSA) is 49.8 Å². The monoisotopic (exact) mass is 295 g/mol. The molecule has 0 fully saturated rings. The van der Waals surface area contributed by atoms with Crippen LogP contribution in [-0.2, 0) is 4.79 Å². The Hall–Kier alpha value is -1.36. The van der Waals surface area contributed by atoms with E-state index in [9.17, 15) is 4.79 Å². The number of carboxylic acids is 1. The number of hydrogen-bond acceptors (Lipinski definition) is 4. The lowest BCUT2D eigenvalue weighted by molar-refractivity contribution is -0.139. The molecule has 1 aromatic rings. The molecule has 4 nitrogen and oxygen atoms in total. The van der Waals surface area contributed by atoms with E-state index in [2.05, 4.69) is 31.1 Å². The minimum Gasteiger partial charge on any atom is -0.482 e. The SMILES string of the molecule is CSCCN1c2cccc(OCC(=O)O)c2C(C)C1C. The lowest BCUT2D eigenvalue weighted by Crippen LogP contribution is -2.32. The number of thioether (sulfide) groups is 1. The Morgan fingerprint density at radius 3 is 2.85 bits per heavy atom. The number of anilines is 1. The standard InChI is InChI=1S/C15H21NO3S/c1-10-11(2)16(7-8-20-3)12-5-4-6-13(15(10)12)19-9-14(17)18/h4-6,10-11H,7-9H2,1-3H3,(H,17,18). The maximum Gasteiger partial charge on any atom is 0.341 e. The van der Waals surface area contributed by atoms with Crippen molar-refractivity contribution in [2.75, 3.05) is 30.1 Å². The van der Waals surface area contributed by atoms with E-state index in [-0.39, 0.29) is 6.61 Å². The van der Waals surface area contributed by atoms with Gasteiger partial charge in [0.2, 0.25) is 0 Å². The largest absolute Gasteiger partial charge is 0.482 e. The molecular formula is C15H21NO3S. The van der Waals surface area contributed by atoms with Gasteiger partial charge in [0, 0.05) is 35.5 Å². The number of aliphatic carboxylic acids is 1. The Balaban J connectivity index is 2.28. The van der Waals surface area contributed by atoms with Crippen LogP contribution in [0.3, 0.4) is 0 Å². The van der Waals surface area contributed by atoms with Crippen LogP contribution in [0.1, 0.15) is 25.3 Å². The Bertz CT molecular complexity index is 492. The summed E-state index contributed by atoms with van der Waals surface area (Å²) in [4.78, 5) is 13.1. The van der Waals surface area contributed by atoms with Crippen LogP contribution in [-0.4, -0.2) is 42.3 Å². The highest BCUT2D eigenvalue weighted by molar-refractivity contribution is 7.98. The summed E-state index contributed by atoms with van der Waals surface area (Å²) < 4.78 is 5.45. The molecule has 1 aliphatic heterocycles. The van der Waals surface area contributed by atoms with Crippen LogP contribution in [0.4, 0.5) is 5.69 Å². The molecule has 2 atom stereocenters. The number of rotatable bonds is 6. The van der Waals surface area contributed by atoms with E-state index >= 15 is 0 Å². The van der Waals surface area contributed by atoms with Crippen LogP contribution in [0.2, 0.25) is 0 Å². The summed E-state index contributed by atoms with van der Waals surface area (Å²) in [5.41, 5.74) is 2.32. The highest BCUT2D eigenvalue weighted by Gasteiger charge is 2.34. The molecule has 2 rings (SSSR count). The van der Waals surface area contributed by atoms with Gasteiger partial charge in [-0.15, -0.1) is 0 Å². The molecule has 110 valence electrons. The molecule has 1 aliphatic rings. The maximum absolute atomic E-state index is 10.7. The predicted octanol–water partition coefficient (Wildman–Crippen LogP) is 2.83. The minimum atomic E-state index is -0.944. The summed E-state index contributed by atoms with van der Waals surface area (Å²) in [5, 5.41) is 8.77. The first-order chi connectivity index (χ1) is 9.56. The van der Waals surface area contributed by atoms with E-state index in [1.807, 2.05) is 23.9 Å². The van der Waals surface area contributed by atoms with E-state index in [4.69, 9.17) is 9.84 Å². The third kappa shape index (κ3) is 2.87. The van der Waals surface area contributed by atoms with E-state index in [0.29, 0.717) is 17.7 Å². The van der Waals surface area contributed by atoms with E-state index in [0.717, 1.165) is 17.9 Å². The van der Waals surface area contributed by atoms with Crippen molar-refractivity contribution in [3.8, 4) is 5.75 Å². The molecule has 0 radical (unpaired) electrons. The minimum absolute atomic E-state index is 0.289. The van der Waals surface area contributed by atoms with Gasteiger partial charge in [-0.2, -0.15) is 11.8 Å². The molecule has 1 aromatic carbocycles. The third-order valence-electron chi connectivity index (χ3n) is 3.91. The summed E-state index contributed by atoms with van der Waals surface area (Å²) in [6.45, 7) is 5.10. The van der Waals surface area contributed by atoms with Gasteiger partial charge in [-0.05, 0) is 25.3 Å². The van der Waals surface area contributed by atoms with Crippen molar-refractivity contribution in [3.63, 3.8) is 0 Å². The van der Waals surface area contributed by atoms with Crippen molar-refractivity contribution < 1.29 is 14.6 Å². The van der Waals surface area contributed by atoms with Gasteiger partial charge in [-0.3, -0.25) is 0 Å². The van der Waals surface area contributed by atoms with Crippen molar-refractivity contribution in [1.82, 2.24) is 0 Å². The first-order valence-electron chi connectivity index (χ1n) is 6.79. The number of hydrogen-bond donors (Lipinski definition) is 1. The van der Waals surface area contributed by atoms with Gasteiger partial charge in [0.15, 0.2) is 6.61 Å². The zero-order valence-electron chi connectivity index (χ0n) is 12.1. The van der Waals surface area contributed by atoms with Crippen molar-refractivity contribution in [2.45, 2.75) is 25.8 Å². The van der Waals surface area contributed by atoms with E-state index in [1.165, 1.54) is 5.69 Å². The van der Waals surface area contributed by atoms with Crippen LogP contribution in [0, 0.1) is 0 Å². The van der Waals surface area contributed by atoms with Crippen LogP contribution in [0.5, 0.6) is 5.75 Å². The van der Waals surface area contributed by atoms with Crippen LogP contribution < -0.4 is 9.64 Å². The second kappa shape index (κ2) is 6.39. The molecule has 0 aliphatic carbocycles. The summed E-state index contributed by atoms with van der Waals surface area (Å²) in [6, 6.07) is 6.31. The molecule has 0 saturated heterocycles. The van der Waals surface area contributed by atoms with Gasteiger partial charge in [-0.1, -0.05) is 13.0 Å². The zero-order valence-corrected chi connectivity index (χ0v) is 12.9. The molecule has 0 bridgehead atoms. The number of fused-ring (bicyclic) bond motifs is 1. The van der Waals surface area contributed by atoms with Gasteiger partial charge in [-0.25, -0.2) is 4.79 Å². The van der Waals surface area contributed by atoms with Gasteiger partial charge >= 0.3 is 5.97 Å². The average molecular weight is 295 g/mol. The van der Waals surface area contributed by atoms with Crippen LogP contribution in [0.15, 0.2) is 18.2 Å². The lowest BCUT2D eigenvalue weighted by Gasteiger charge is -2.26. The second-order valence-electron chi connectivity index (χ2n) is 5.09. The van der Waals surface area contributed by atoms with Gasteiger partial charge in [0.25, 0.3) is 0 Å². The Kier molecular flexibility index (Phi) is 4.81. The lowest BCUT2D eigenvalue weighted by atomic mass is 9.97. The Morgan fingerprint density at radius 1 is 1.45 bits per heavy atom. The van der Waals surface area contributed by atoms with Crippen molar-refractivity contribution >= 4 is 23.4 Å². The fraction of sp³-hybridized carbons (Fsp3) is 0.533. The Morgan fingerprint density at radius 2 is 2.20 bits per heavy atom. The molecule has 0 amide bonds. The fourth-order valence-corrected chi connectivity index (χ4v) is 3.13. The molecule has 0 saturated carbocycles. The highest BCUT2D eigenvalue weighted by Crippen LogP contribution is 2.45. The number of nitrogens with zero attached hydrogens (tertiary/aromatic N) is 1. The number of carbonyl (C=O) groups is 1. The molecule has 5 heteroatoms. The maximum atomic E-state index is 10.7. The third-order valence-corrected chi connectivity index (χ3v) is 4.50. The van der Waals surface area contributed by atoms with E-state index in [1.54, 1.807) is 0 Å². The molecule has 1 heterocycles. The van der Waals surface area contributed by atoms with Crippen molar-refractivity contribution in [1.29, 1.82) is 0 Å². The predicted molar refractivity (Wildman–Crippen MR) is 83.2 cm³/mol. The van der Waals surface area contributed by atoms with E-state index < -0.39 is 5.97 Å². The molecule has 2 unspecified atom stereocenters. The van der Waals surface area contributed by atoms with Crippen molar-refractivity contribution in [3.05, 3.63) is 23.8 Å². The fourth-order valence-electron chi connectivity index (χ4n) is 2.75. The molecular weight excluding hydrogens is 274 g/mol. The molecule has 0 spiro atoms. The molecule has 20 heavy (non-hydrogen) atoms. The average Bonchev–Trinajstić information content (AvgIpc) is 2.67. The summed E-state index contributed by atoms with van der Waals surface area (Å²) >= 11 is 1.83. The number of ether oxygens (including phenoxy) is 1. The first kappa shape index (κ1) is 15.0. The van der Waals surface area contributed by atoms with Crippen LogP contribution >= 0.6 is 11.8 Å². The number of carboxylic acid groups (broad SMARTS) is 1. The summed E-state index contributed by atoms with van der Waals surface area (Å²) in [7, 11) is 0. The van der Waals surface area contributed by atoms with Crippen LogP contribution in [0.25, 0.3) is 0 Å². The summed E-state index contributed by atoms with van der Waals surface area (Å²) in [5.74, 6) is 1.18. The Labute approximate surface area is 124 Å². The van der Waals surface area contributed by atoms with Gasteiger partial charge in [0.05, 0.1) is 0 Å². The summed E-state index contributed by atoms with van der Waals surface area (Å²) in [6.07, 6.45) is 2.11. The van der Waals surface area contributed by atoms with Gasteiger partial charge < -0.3 is 14.7 Å². The number of benzene rings is 1. The quantitative estimate of drug-likeness (QED) is 0.874.